The molecular formula is C11H12Br2O. The molecule has 0 amide bonds. The van der Waals surface area contributed by atoms with Crippen molar-refractivity contribution in [2.24, 2.45) is 0 Å². The molecule has 1 aromatic rings. The van der Waals surface area contributed by atoms with Crippen LogP contribution in [0.2, 0.25) is 0 Å². The molecule has 76 valence electrons. The number of allylic oxidation sites excluding steroid dienone is 1. The molecule has 3 heteroatoms. The van der Waals surface area contributed by atoms with Crippen LogP contribution in [0.15, 0.2) is 28.7 Å². The van der Waals surface area contributed by atoms with Gasteiger partial charge in [-0.15, -0.1) is 0 Å². The van der Waals surface area contributed by atoms with Crippen LogP contribution in [0.1, 0.15) is 12.5 Å². The van der Waals surface area contributed by atoms with Gasteiger partial charge in [0.15, 0.2) is 0 Å². The molecule has 0 saturated carbocycles. The molecule has 0 saturated heterocycles. The quantitative estimate of drug-likeness (QED) is 0.754. The number of hydrogen-bond donors (Lipinski definition) is 0. The van der Waals surface area contributed by atoms with Crippen molar-refractivity contribution in [3.05, 3.63) is 34.3 Å². The Balaban J connectivity index is 2.96. The van der Waals surface area contributed by atoms with E-state index in [0.717, 1.165) is 21.1 Å². The lowest BCUT2D eigenvalue weighted by atomic mass is 10.2. The van der Waals surface area contributed by atoms with Crippen LogP contribution in [0, 0.1) is 0 Å². The van der Waals surface area contributed by atoms with Crippen LogP contribution >= 0.6 is 31.9 Å². The van der Waals surface area contributed by atoms with E-state index in [1.54, 1.807) is 0 Å². The zero-order valence-electron chi connectivity index (χ0n) is 7.97. The Morgan fingerprint density at radius 1 is 1.43 bits per heavy atom. The van der Waals surface area contributed by atoms with E-state index in [-0.39, 0.29) is 0 Å². The standard InChI is InChI=1S/C11H12Br2O/c1-2-14-11-6-5-10(13)8-9(11)4-3-7-12/h3-6,8H,2,7H2,1H3. The summed E-state index contributed by atoms with van der Waals surface area (Å²) >= 11 is 6.79. The largest absolute Gasteiger partial charge is 0.493 e. The molecule has 0 unspecified atom stereocenters. The van der Waals surface area contributed by atoms with E-state index >= 15 is 0 Å². The van der Waals surface area contributed by atoms with Gasteiger partial charge < -0.3 is 4.74 Å². The van der Waals surface area contributed by atoms with Gasteiger partial charge in [0.25, 0.3) is 0 Å². The van der Waals surface area contributed by atoms with E-state index in [0.29, 0.717) is 6.61 Å². The number of benzene rings is 1. The Morgan fingerprint density at radius 2 is 2.21 bits per heavy atom. The lowest BCUT2D eigenvalue weighted by Crippen LogP contribution is -1.93. The van der Waals surface area contributed by atoms with Crippen LogP contribution in [-0.4, -0.2) is 11.9 Å². The number of rotatable bonds is 4. The van der Waals surface area contributed by atoms with E-state index in [1.807, 2.05) is 37.3 Å². The minimum atomic E-state index is 0.691. The van der Waals surface area contributed by atoms with Crippen LogP contribution in [0.25, 0.3) is 6.08 Å². The van der Waals surface area contributed by atoms with Crippen molar-refractivity contribution < 1.29 is 4.74 Å². The lowest BCUT2D eigenvalue weighted by molar-refractivity contribution is 0.339. The summed E-state index contributed by atoms with van der Waals surface area (Å²) in [6.07, 6.45) is 4.09. The average Bonchev–Trinajstić information content (AvgIpc) is 2.18. The fourth-order valence-corrected chi connectivity index (χ4v) is 1.67. The highest BCUT2D eigenvalue weighted by atomic mass is 79.9. The first-order valence-electron chi connectivity index (χ1n) is 4.42. The third-order valence-corrected chi connectivity index (χ3v) is 2.53. The number of alkyl halides is 1. The van der Waals surface area contributed by atoms with Gasteiger partial charge in [0.2, 0.25) is 0 Å². The second kappa shape index (κ2) is 6.25. The highest BCUT2D eigenvalue weighted by molar-refractivity contribution is 9.10. The van der Waals surface area contributed by atoms with E-state index in [4.69, 9.17) is 4.74 Å². The predicted molar refractivity (Wildman–Crippen MR) is 68.1 cm³/mol. The maximum Gasteiger partial charge on any atom is 0.126 e. The summed E-state index contributed by atoms with van der Waals surface area (Å²) < 4.78 is 6.57. The van der Waals surface area contributed by atoms with Gasteiger partial charge in [-0.3, -0.25) is 0 Å². The summed E-state index contributed by atoms with van der Waals surface area (Å²) in [5.41, 5.74) is 1.10. The van der Waals surface area contributed by atoms with E-state index in [9.17, 15) is 0 Å². The number of halogens is 2. The fourth-order valence-electron chi connectivity index (χ4n) is 1.11. The molecule has 0 fully saturated rings. The Morgan fingerprint density at radius 3 is 2.86 bits per heavy atom. The first-order chi connectivity index (χ1) is 6.77. The second-order valence-corrected chi connectivity index (χ2v) is 4.23. The minimum Gasteiger partial charge on any atom is -0.493 e. The molecule has 1 aromatic carbocycles. The molecule has 14 heavy (non-hydrogen) atoms. The molecule has 0 aromatic heterocycles. The third kappa shape index (κ3) is 3.46. The minimum absolute atomic E-state index is 0.691. The van der Waals surface area contributed by atoms with Crippen molar-refractivity contribution in [2.75, 3.05) is 11.9 Å². The summed E-state index contributed by atoms with van der Waals surface area (Å²) in [6.45, 7) is 2.68. The number of hydrogen-bond acceptors (Lipinski definition) is 1. The molecule has 1 rings (SSSR count). The van der Waals surface area contributed by atoms with E-state index in [2.05, 4.69) is 31.9 Å². The number of ether oxygens (including phenoxy) is 1. The SMILES string of the molecule is CCOc1ccc(Br)cc1C=CCBr. The molecule has 0 N–H and O–H groups in total. The van der Waals surface area contributed by atoms with Gasteiger partial charge in [-0.1, -0.05) is 44.0 Å². The smallest absolute Gasteiger partial charge is 0.126 e. The maximum atomic E-state index is 5.50. The third-order valence-electron chi connectivity index (χ3n) is 1.66. The molecule has 0 aliphatic heterocycles. The first kappa shape index (κ1) is 11.8. The zero-order chi connectivity index (χ0) is 10.4. The lowest BCUT2D eigenvalue weighted by Gasteiger charge is -2.07. The first-order valence-corrected chi connectivity index (χ1v) is 6.34. The van der Waals surface area contributed by atoms with Crippen LogP contribution in [-0.2, 0) is 0 Å². The van der Waals surface area contributed by atoms with Crippen molar-refractivity contribution in [3.63, 3.8) is 0 Å². The Hall–Kier alpha value is -0.280. The Bertz CT molecular complexity index is 321. The van der Waals surface area contributed by atoms with Crippen LogP contribution in [0.5, 0.6) is 5.75 Å². The van der Waals surface area contributed by atoms with Gasteiger partial charge in [0.05, 0.1) is 6.61 Å². The molecule has 1 nitrogen and oxygen atoms in total. The van der Waals surface area contributed by atoms with E-state index < -0.39 is 0 Å². The fraction of sp³-hybridized carbons (Fsp3) is 0.273. The van der Waals surface area contributed by atoms with Crippen molar-refractivity contribution in [2.45, 2.75) is 6.92 Å². The van der Waals surface area contributed by atoms with Crippen molar-refractivity contribution in [1.82, 2.24) is 0 Å². The second-order valence-electron chi connectivity index (χ2n) is 2.67. The summed E-state index contributed by atoms with van der Waals surface area (Å²) in [5, 5.41) is 0.852. The molecule has 0 atom stereocenters. The van der Waals surface area contributed by atoms with Gasteiger partial charge in [0, 0.05) is 15.4 Å². The van der Waals surface area contributed by atoms with Gasteiger partial charge in [-0.2, -0.15) is 0 Å². The van der Waals surface area contributed by atoms with Crippen molar-refractivity contribution in [1.29, 1.82) is 0 Å². The zero-order valence-corrected chi connectivity index (χ0v) is 11.1. The van der Waals surface area contributed by atoms with E-state index in [1.165, 1.54) is 0 Å². The topological polar surface area (TPSA) is 9.23 Å². The van der Waals surface area contributed by atoms with Gasteiger partial charge in [-0.25, -0.2) is 0 Å². The molecule has 0 aliphatic rings. The summed E-state index contributed by atoms with van der Waals surface area (Å²) in [7, 11) is 0. The molecule has 0 heterocycles. The summed E-state index contributed by atoms with van der Waals surface area (Å²) in [5.74, 6) is 0.924. The summed E-state index contributed by atoms with van der Waals surface area (Å²) in [6, 6.07) is 6.00. The Labute approximate surface area is 101 Å². The Kier molecular flexibility index (Phi) is 5.26. The monoisotopic (exact) mass is 318 g/mol. The van der Waals surface area contributed by atoms with Gasteiger partial charge >= 0.3 is 0 Å². The predicted octanol–water partition coefficient (Wildman–Crippen LogP) is 4.26. The average molecular weight is 320 g/mol. The van der Waals surface area contributed by atoms with Crippen molar-refractivity contribution >= 4 is 37.9 Å². The molecule has 0 radical (unpaired) electrons. The van der Waals surface area contributed by atoms with Crippen LogP contribution < -0.4 is 4.74 Å². The van der Waals surface area contributed by atoms with Crippen molar-refractivity contribution in [3.8, 4) is 5.75 Å². The highest BCUT2D eigenvalue weighted by Gasteiger charge is 2.00. The normalized spacial score (nSPS) is 10.8. The molecule has 0 spiro atoms. The van der Waals surface area contributed by atoms with Gasteiger partial charge in [0.1, 0.15) is 5.75 Å². The van der Waals surface area contributed by atoms with Gasteiger partial charge in [-0.05, 0) is 25.1 Å². The molecule has 0 aliphatic carbocycles. The maximum absolute atomic E-state index is 5.50. The summed E-state index contributed by atoms with van der Waals surface area (Å²) in [4.78, 5) is 0. The molecule has 0 bridgehead atoms. The van der Waals surface area contributed by atoms with Crippen LogP contribution in [0.3, 0.4) is 0 Å². The van der Waals surface area contributed by atoms with Crippen LogP contribution in [0.4, 0.5) is 0 Å². The highest BCUT2D eigenvalue weighted by Crippen LogP contribution is 2.24. The molecular weight excluding hydrogens is 308 g/mol.